The first-order valence-electron chi connectivity index (χ1n) is 9.41. The lowest BCUT2D eigenvalue weighted by Gasteiger charge is -2.36. The molecule has 2 rings (SSSR count). The summed E-state index contributed by atoms with van der Waals surface area (Å²) in [7, 11) is 0. The van der Waals surface area contributed by atoms with Crippen molar-refractivity contribution >= 4 is 47.6 Å². The highest BCUT2D eigenvalue weighted by Gasteiger charge is 2.25. The molecule has 1 amide bonds. The van der Waals surface area contributed by atoms with Gasteiger partial charge in [0.15, 0.2) is 5.96 Å². The van der Waals surface area contributed by atoms with Gasteiger partial charge in [-0.15, -0.1) is 24.0 Å². The van der Waals surface area contributed by atoms with Gasteiger partial charge in [-0.25, -0.2) is 0 Å². The first kappa shape index (κ1) is 22.9. The van der Waals surface area contributed by atoms with Gasteiger partial charge in [-0.1, -0.05) is 13.8 Å². The highest BCUT2D eigenvalue weighted by atomic mass is 127. The molecule has 1 atom stereocenters. The molecule has 0 aromatic carbocycles. The van der Waals surface area contributed by atoms with Crippen LogP contribution in [0.3, 0.4) is 0 Å². The third-order valence-corrected chi connectivity index (χ3v) is 6.57. The number of nitrogens with one attached hydrogen (secondary N) is 1. The van der Waals surface area contributed by atoms with Crippen LogP contribution in [0.1, 0.15) is 40.5 Å². The molecule has 0 spiro atoms. The first-order chi connectivity index (χ1) is 11.5. The summed E-state index contributed by atoms with van der Waals surface area (Å²) in [6.45, 7) is 14.2. The minimum atomic E-state index is 0. The monoisotopic (exact) mass is 482 g/mol. The number of halogens is 1. The Bertz CT molecular complexity index is 439. The number of amides is 1. The standard InChI is InChI=1S/C18H34N4OS.HI/c1-5-19-18(22-10-11-24-17(13-22)14(2)3)20-12-16-6-8-21(9-7-16)15(4)23;/h14,16-17H,5-13H2,1-4H3,(H,19,20);1H. The zero-order valence-electron chi connectivity index (χ0n) is 16.2. The number of carbonyl (C=O) groups is 1. The number of rotatable bonds is 4. The topological polar surface area (TPSA) is 47.9 Å². The van der Waals surface area contributed by atoms with E-state index in [0.29, 0.717) is 17.1 Å². The molecule has 0 bridgehead atoms. The van der Waals surface area contributed by atoms with Crippen molar-refractivity contribution < 1.29 is 4.79 Å². The molecule has 2 fully saturated rings. The minimum Gasteiger partial charge on any atom is -0.357 e. The molecule has 2 heterocycles. The summed E-state index contributed by atoms with van der Waals surface area (Å²) in [5.74, 6) is 3.78. The molecule has 5 nitrogen and oxygen atoms in total. The van der Waals surface area contributed by atoms with Crippen molar-refractivity contribution in [2.24, 2.45) is 16.8 Å². The summed E-state index contributed by atoms with van der Waals surface area (Å²) in [4.78, 5) is 20.8. The summed E-state index contributed by atoms with van der Waals surface area (Å²) < 4.78 is 0. The van der Waals surface area contributed by atoms with E-state index in [2.05, 4.69) is 42.7 Å². The second kappa shape index (κ2) is 11.5. The van der Waals surface area contributed by atoms with E-state index < -0.39 is 0 Å². The second-order valence-corrected chi connectivity index (χ2v) is 8.59. The van der Waals surface area contributed by atoms with Gasteiger partial charge >= 0.3 is 0 Å². The van der Waals surface area contributed by atoms with Gasteiger partial charge in [-0.2, -0.15) is 11.8 Å². The average Bonchev–Trinajstić information content (AvgIpc) is 2.59. The van der Waals surface area contributed by atoms with Gasteiger partial charge in [-0.05, 0) is 31.6 Å². The summed E-state index contributed by atoms with van der Waals surface area (Å²) in [5, 5.41) is 4.18. The van der Waals surface area contributed by atoms with E-state index in [1.807, 2.05) is 4.90 Å². The zero-order chi connectivity index (χ0) is 17.5. The minimum absolute atomic E-state index is 0. The molecule has 1 N–H and O–H groups in total. The highest BCUT2D eigenvalue weighted by Crippen LogP contribution is 2.25. The van der Waals surface area contributed by atoms with Crippen molar-refractivity contribution in [3.05, 3.63) is 0 Å². The molecule has 25 heavy (non-hydrogen) atoms. The smallest absolute Gasteiger partial charge is 0.219 e. The van der Waals surface area contributed by atoms with Gasteiger partial charge in [0.25, 0.3) is 0 Å². The van der Waals surface area contributed by atoms with Gasteiger partial charge in [0.2, 0.25) is 5.91 Å². The van der Waals surface area contributed by atoms with Gasteiger partial charge < -0.3 is 15.1 Å². The normalized spacial score (nSPS) is 22.8. The first-order valence-corrected chi connectivity index (χ1v) is 10.5. The molecule has 2 aliphatic heterocycles. The quantitative estimate of drug-likeness (QED) is 0.381. The molecule has 0 aromatic rings. The number of likely N-dealkylation sites (tertiary alicyclic amines) is 1. The predicted octanol–water partition coefficient (Wildman–Crippen LogP) is 2.90. The molecule has 2 saturated heterocycles. The number of piperidine rings is 1. The Hall–Kier alpha value is -0.180. The lowest BCUT2D eigenvalue weighted by molar-refractivity contribution is -0.130. The predicted molar refractivity (Wildman–Crippen MR) is 119 cm³/mol. The highest BCUT2D eigenvalue weighted by molar-refractivity contribution is 14.0. The van der Waals surface area contributed by atoms with Crippen molar-refractivity contribution in [3.63, 3.8) is 0 Å². The van der Waals surface area contributed by atoms with E-state index in [-0.39, 0.29) is 29.9 Å². The number of carbonyl (C=O) groups excluding carboxylic acids is 1. The molecule has 7 heteroatoms. The molecule has 0 saturated carbocycles. The van der Waals surface area contributed by atoms with E-state index in [1.165, 1.54) is 5.75 Å². The summed E-state index contributed by atoms with van der Waals surface area (Å²) in [5.41, 5.74) is 0. The third kappa shape index (κ3) is 7.15. The van der Waals surface area contributed by atoms with Gasteiger partial charge in [0.1, 0.15) is 0 Å². The molecule has 146 valence electrons. The Kier molecular flexibility index (Phi) is 10.5. The van der Waals surface area contributed by atoms with E-state index in [1.54, 1.807) is 6.92 Å². The summed E-state index contributed by atoms with van der Waals surface area (Å²) >= 11 is 2.10. The number of hydrogen-bond donors (Lipinski definition) is 1. The van der Waals surface area contributed by atoms with Gasteiger partial charge in [0.05, 0.1) is 0 Å². The van der Waals surface area contributed by atoms with E-state index in [0.717, 1.165) is 58.1 Å². The van der Waals surface area contributed by atoms with E-state index in [9.17, 15) is 4.79 Å². The number of aliphatic imine (C=N–C) groups is 1. The van der Waals surface area contributed by atoms with Crippen molar-refractivity contribution in [1.29, 1.82) is 0 Å². The van der Waals surface area contributed by atoms with Crippen LogP contribution in [0, 0.1) is 11.8 Å². The van der Waals surface area contributed by atoms with Crippen LogP contribution in [0.5, 0.6) is 0 Å². The van der Waals surface area contributed by atoms with Crippen LogP contribution in [-0.4, -0.2) is 71.9 Å². The summed E-state index contributed by atoms with van der Waals surface area (Å²) in [6.07, 6.45) is 2.15. The molecule has 0 radical (unpaired) electrons. The maximum Gasteiger partial charge on any atom is 0.219 e. The lowest BCUT2D eigenvalue weighted by Crippen LogP contribution is -2.49. The third-order valence-electron chi connectivity index (χ3n) is 5.03. The van der Waals surface area contributed by atoms with Crippen LogP contribution in [0.15, 0.2) is 4.99 Å². The maximum absolute atomic E-state index is 11.4. The van der Waals surface area contributed by atoms with Crippen molar-refractivity contribution in [2.45, 2.75) is 45.8 Å². The second-order valence-electron chi connectivity index (χ2n) is 7.24. The zero-order valence-corrected chi connectivity index (χ0v) is 19.3. The van der Waals surface area contributed by atoms with E-state index in [4.69, 9.17) is 4.99 Å². The van der Waals surface area contributed by atoms with Gasteiger partial charge in [0, 0.05) is 57.2 Å². The number of nitrogens with zero attached hydrogens (tertiary/aromatic N) is 3. The van der Waals surface area contributed by atoms with Crippen LogP contribution in [-0.2, 0) is 4.79 Å². The Morgan fingerprint density at radius 1 is 1.24 bits per heavy atom. The molecular formula is C18H35IN4OS. The van der Waals surface area contributed by atoms with Crippen LogP contribution in [0.25, 0.3) is 0 Å². The van der Waals surface area contributed by atoms with Crippen LogP contribution in [0.2, 0.25) is 0 Å². The SMILES string of the molecule is CCNC(=NCC1CCN(C(C)=O)CC1)N1CCSC(C(C)C)C1.I. The number of guanidine groups is 1. The van der Waals surface area contributed by atoms with Crippen LogP contribution in [0.4, 0.5) is 0 Å². The Labute approximate surface area is 174 Å². The van der Waals surface area contributed by atoms with Crippen molar-refractivity contribution in [3.8, 4) is 0 Å². The molecular weight excluding hydrogens is 447 g/mol. The van der Waals surface area contributed by atoms with Crippen LogP contribution < -0.4 is 5.32 Å². The van der Waals surface area contributed by atoms with Crippen LogP contribution >= 0.6 is 35.7 Å². The molecule has 0 aromatic heterocycles. The fourth-order valence-electron chi connectivity index (χ4n) is 3.34. The molecule has 2 aliphatic rings. The van der Waals surface area contributed by atoms with Gasteiger partial charge in [-0.3, -0.25) is 9.79 Å². The summed E-state index contributed by atoms with van der Waals surface area (Å²) in [6, 6.07) is 0. The fraction of sp³-hybridized carbons (Fsp3) is 0.889. The van der Waals surface area contributed by atoms with Crippen molar-refractivity contribution in [2.75, 3.05) is 45.0 Å². The average molecular weight is 482 g/mol. The lowest BCUT2D eigenvalue weighted by atomic mass is 9.97. The van der Waals surface area contributed by atoms with Crippen molar-refractivity contribution in [1.82, 2.24) is 15.1 Å². The number of hydrogen-bond acceptors (Lipinski definition) is 3. The largest absolute Gasteiger partial charge is 0.357 e. The van der Waals surface area contributed by atoms with E-state index >= 15 is 0 Å². The maximum atomic E-state index is 11.4. The number of thioether (sulfide) groups is 1. The Morgan fingerprint density at radius 2 is 1.92 bits per heavy atom. The Morgan fingerprint density at radius 3 is 2.48 bits per heavy atom. The Balaban J connectivity index is 0.00000312. The molecule has 0 aliphatic carbocycles. The fourth-order valence-corrected chi connectivity index (χ4v) is 4.64. The molecule has 1 unspecified atom stereocenters.